The van der Waals surface area contributed by atoms with Gasteiger partial charge in [-0.05, 0) is 55.7 Å². The first kappa shape index (κ1) is 24.0. The van der Waals surface area contributed by atoms with Crippen molar-refractivity contribution in [2.24, 2.45) is 0 Å². The topological polar surface area (TPSA) is 66.5 Å². The Hall–Kier alpha value is -2.26. The fourth-order valence-electron chi connectivity index (χ4n) is 2.85. The van der Waals surface area contributed by atoms with Crippen LogP contribution in [0.15, 0.2) is 36.4 Å². The Morgan fingerprint density at radius 1 is 1.13 bits per heavy atom. The first-order chi connectivity index (χ1) is 13.8. The Balaban J connectivity index is 2.08. The van der Waals surface area contributed by atoms with Gasteiger partial charge in [-0.2, -0.15) is 13.2 Å². The van der Waals surface area contributed by atoms with Crippen LogP contribution in [0.5, 0.6) is 0 Å². The fraction of sp³-hybridized carbons (Fsp3) is 0.350. The number of carbonyl (C=O) groups excluding carboxylic acids is 1. The van der Waals surface area contributed by atoms with Crippen molar-refractivity contribution in [3.05, 3.63) is 58.1 Å². The Morgan fingerprint density at radius 3 is 2.40 bits per heavy atom. The number of alkyl halides is 3. The molecule has 5 nitrogen and oxygen atoms in total. The average Bonchev–Trinajstić information content (AvgIpc) is 2.61. The summed E-state index contributed by atoms with van der Waals surface area (Å²) in [5.41, 5.74) is 1.11. The van der Waals surface area contributed by atoms with Crippen LogP contribution in [0, 0.1) is 13.8 Å². The van der Waals surface area contributed by atoms with Crippen LogP contribution in [-0.4, -0.2) is 27.1 Å². The number of amides is 1. The Labute approximate surface area is 178 Å². The molecule has 0 unspecified atom stereocenters. The zero-order valence-electron chi connectivity index (χ0n) is 16.7. The number of hydrogen-bond acceptors (Lipinski definition) is 3. The van der Waals surface area contributed by atoms with Crippen LogP contribution in [0.2, 0.25) is 5.02 Å². The van der Waals surface area contributed by atoms with Crippen molar-refractivity contribution >= 4 is 38.9 Å². The molecule has 30 heavy (non-hydrogen) atoms. The van der Waals surface area contributed by atoms with Crippen LogP contribution >= 0.6 is 11.6 Å². The molecule has 0 aromatic heterocycles. The van der Waals surface area contributed by atoms with Gasteiger partial charge in [0.05, 0.1) is 28.2 Å². The smallest absolute Gasteiger partial charge is 0.325 e. The predicted octanol–water partition coefficient (Wildman–Crippen LogP) is 5.16. The molecule has 164 valence electrons. The first-order valence-electron chi connectivity index (χ1n) is 9.00. The number of benzene rings is 2. The maximum atomic E-state index is 12.8. The van der Waals surface area contributed by atoms with Crippen LogP contribution in [0.3, 0.4) is 0 Å². The number of sulfonamides is 1. The van der Waals surface area contributed by atoms with Crippen LogP contribution in [-0.2, 0) is 21.0 Å². The van der Waals surface area contributed by atoms with Gasteiger partial charge < -0.3 is 5.32 Å². The van der Waals surface area contributed by atoms with Gasteiger partial charge in [-0.1, -0.05) is 23.7 Å². The molecule has 0 saturated carbocycles. The SMILES string of the molecule is Cc1ccc(C)c(N(CCCC(=O)Nc2cc(C(F)(F)F)ccc2Cl)S(C)(=O)=O)c1. The maximum Gasteiger partial charge on any atom is 0.416 e. The van der Waals surface area contributed by atoms with Gasteiger partial charge in [0.25, 0.3) is 0 Å². The highest BCUT2D eigenvalue weighted by atomic mass is 35.5. The van der Waals surface area contributed by atoms with Gasteiger partial charge in [0.15, 0.2) is 0 Å². The van der Waals surface area contributed by atoms with E-state index >= 15 is 0 Å². The summed E-state index contributed by atoms with van der Waals surface area (Å²) in [4.78, 5) is 12.2. The summed E-state index contributed by atoms with van der Waals surface area (Å²) in [6.45, 7) is 3.68. The van der Waals surface area contributed by atoms with E-state index in [-0.39, 0.29) is 30.1 Å². The summed E-state index contributed by atoms with van der Waals surface area (Å²) in [5.74, 6) is -0.564. The fourth-order valence-corrected chi connectivity index (χ4v) is 4.03. The summed E-state index contributed by atoms with van der Waals surface area (Å²) in [6, 6.07) is 8.08. The molecule has 0 spiro atoms. The van der Waals surface area contributed by atoms with Gasteiger partial charge in [-0.25, -0.2) is 8.42 Å². The minimum absolute atomic E-state index is 0.0236. The molecular weight excluding hydrogens is 441 g/mol. The molecule has 2 rings (SSSR count). The molecule has 2 aromatic carbocycles. The number of halogens is 4. The van der Waals surface area contributed by atoms with Crippen molar-refractivity contribution in [3.63, 3.8) is 0 Å². The van der Waals surface area contributed by atoms with Gasteiger partial charge in [0, 0.05) is 13.0 Å². The molecule has 0 aliphatic carbocycles. The Kier molecular flexibility index (Phi) is 7.41. The largest absolute Gasteiger partial charge is 0.416 e. The second-order valence-electron chi connectivity index (χ2n) is 6.97. The van der Waals surface area contributed by atoms with Crippen LogP contribution in [0.1, 0.15) is 29.5 Å². The Bertz CT molecular complexity index is 1040. The quantitative estimate of drug-likeness (QED) is 0.618. The number of anilines is 2. The van der Waals surface area contributed by atoms with Crippen molar-refractivity contribution in [2.45, 2.75) is 32.9 Å². The third-order valence-corrected chi connectivity index (χ3v) is 5.88. The second-order valence-corrected chi connectivity index (χ2v) is 9.28. The van der Waals surface area contributed by atoms with E-state index in [0.29, 0.717) is 5.69 Å². The molecule has 0 saturated heterocycles. The highest BCUT2D eigenvalue weighted by Gasteiger charge is 2.31. The molecule has 10 heteroatoms. The lowest BCUT2D eigenvalue weighted by molar-refractivity contribution is -0.137. The van der Waals surface area contributed by atoms with Crippen molar-refractivity contribution in [3.8, 4) is 0 Å². The average molecular weight is 463 g/mol. The molecular formula is C20H22ClF3N2O3S. The maximum absolute atomic E-state index is 12.8. The van der Waals surface area contributed by atoms with E-state index in [2.05, 4.69) is 5.32 Å². The van der Waals surface area contributed by atoms with Crippen molar-refractivity contribution < 1.29 is 26.4 Å². The molecule has 0 radical (unpaired) electrons. The summed E-state index contributed by atoms with van der Waals surface area (Å²) in [6.07, 6.45) is -3.41. The highest BCUT2D eigenvalue weighted by molar-refractivity contribution is 7.92. The van der Waals surface area contributed by atoms with Gasteiger partial charge >= 0.3 is 6.18 Å². The molecule has 0 heterocycles. The second kappa shape index (κ2) is 9.26. The third-order valence-electron chi connectivity index (χ3n) is 4.37. The number of aryl methyl sites for hydroxylation is 2. The van der Waals surface area contributed by atoms with Crippen molar-refractivity contribution in [1.29, 1.82) is 0 Å². The summed E-state index contributed by atoms with van der Waals surface area (Å²) < 4.78 is 64.2. The summed E-state index contributed by atoms with van der Waals surface area (Å²) in [7, 11) is -3.59. The number of nitrogens with zero attached hydrogens (tertiary/aromatic N) is 1. The number of hydrogen-bond donors (Lipinski definition) is 1. The van der Waals surface area contributed by atoms with Gasteiger partial charge in [0.1, 0.15) is 0 Å². The molecule has 1 N–H and O–H groups in total. The minimum atomic E-state index is -4.56. The van der Waals surface area contributed by atoms with Gasteiger partial charge in [0.2, 0.25) is 15.9 Å². The number of carbonyl (C=O) groups is 1. The zero-order valence-corrected chi connectivity index (χ0v) is 18.2. The minimum Gasteiger partial charge on any atom is -0.325 e. The molecule has 0 aliphatic heterocycles. The normalized spacial score (nSPS) is 12.0. The van der Waals surface area contributed by atoms with Crippen LogP contribution in [0.25, 0.3) is 0 Å². The lowest BCUT2D eigenvalue weighted by Crippen LogP contribution is -2.32. The molecule has 0 aliphatic rings. The highest BCUT2D eigenvalue weighted by Crippen LogP contribution is 2.34. The van der Waals surface area contributed by atoms with Crippen LogP contribution in [0.4, 0.5) is 24.5 Å². The monoisotopic (exact) mass is 462 g/mol. The number of rotatable bonds is 7. The molecule has 2 aromatic rings. The lowest BCUT2D eigenvalue weighted by Gasteiger charge is -2.24. The van der Waals surface area contributed by atoms with Gasteiger partial charge in [-0.15, -0.1) is 0 Å². The predicted molar refractivity (Wildman–Crippen MR) is 112 cm³/mol. The summed E-state index contributed by atoms with van der Waals surface area (Å²) in [5, 5.41) is 2.33. The van der Waals surface area contributed by atoms with E-state index in [0.717, 1.165) is 35.6 Å². The molecule has 1 amide bonds. The van der Waals surface area contributed by atoms with Crippen molar-refractivity contribution in [2.75, 3.05) is 22.4 Å². The number of nitrogens with one attached hydrogen (secondary N) is 1. The van der Waals surface area contributed by atoms with E-state index in [1.54, 1.807) is 13.0 Å². The van der Waals surface area contributed by atoms with E-state index in [4.69, 9.17) is 11.6 Å². The molecule has 0 fully saturated rings. The summed E-state index contributed by atoms with van der Waals surface area (Å²) >= 11 is 5.88. The lowest BCUT2D eigenvalue weighted by atomic mass is 10.1. The molecule has 0 atom stereocenters. The van der Waals surface area contributed by atoms with Gasteiger partial charge in [-0.3, -0.25) is 9.10 Å². The van der Waals surface area contributed by atoms with E-state index in [1.165, 1.54) is 4.31 Å². The molecule has 0 bridgehead atoms. The zero-order chi connectivity index (χ0) is 22.7. The van der Waals surface area contributed by atoms with E-state index < -0.39 is 27.7 Å². The standard InChI is InChI=1S/C20H22ClF3N2O3S/c1-13-6-7-14(2)18(11-13)26(30(3,28)29)10-4-5-19(27)25-17-12-15(20(22,23)24)8-9-16(17)21/h6-9,11-12H,4-5,10H2,1-3H3,(H,25,27). The Morgan fingerprint density at radius 2 is 1.80 bits per heavy atom. The van der Waals surface area contributed by atoms with E-state index in [1.807, 2.05) is 19.1 Å². The van der Waals surface area contributed by atoms with E-state index in [9.17, 15) is 26.4 Å². The van der Waals surface area contributed by atoms with Crippen molar-refractivity contribution in [1.82, 2.24) is 0 Å². The third kappa shape index (κ3) is 6.37. The van der Waals surface area contributed by atoms with Crippen LogP contribution < -0.4 is 9.62 Å². The first-order valence-corrected chi connectivity index (χ1v) is 11.2.